The molecule has 2 amide bonds. The maximum absolute atomic E-state index is 12.4. The van der Waals surface area contributed by atoms with E-state index in [9.17, 15) is 9.59 Å². The Kier molecular flexibility index (Phi) is 7.25. The van der Waals surface area contributed by atoms with Gasteiger partial charge in [0, 0.05) is 50.2 Å². The van der Waals surface area contributed by atoms with Gasteiger partial charge < -0.3 is 10.2 Å². The average Bonchev–Trinajstić information content (AvgIpc) is 2.84. The number of amides is 2. The van der Waals surface area contributed by atoms with Crippen LogP contribution in [0.25, 0.3) is 0 Å². The predicted octanol–water partition coefficient (Wildman–Crippen LogP) is 2.60. The average molecular weight is 422 g/mol. The Morgan fingerprint density at radius 3 is 2.61 bits per heavy atom. The zero-order valence-electron chi connectivity index (χ0n) is 18.0. The summed E-state index contributed by atoms with van der Waals surface area (Å²) in [6, 6.07) is 9.80. The van der Waals surface area contributed by atoms with E-state index < -0.39 is 0 Å². The third kappa shape index (κ3) is 5.88. The molecule has 164 valence electrons. The summed E-state index contributed by atoms with van der Waals surface area (Å²) in [4.78, 5) is 38.0. The van der Waals surface area contributed by atoms with Crippen LogP contribution in [0.4, 0.5) is 0 Å². The van der Waals surface area contributed by atoms with E-state index in [0.717, 1.165) is 69.8 Å². The second kappa shape index (κ2) is 10.5. The van der Waals surface area contributed by atoms with Crippen molar-refractivity contribution in [2.24, 2.45) is 0 Å². The molecule has 4 heterocycles. The summed E-state index contributed by atoms with van der Waals surface area (Å²) in [5, 5.41) is 2.74. The minimum atomic E-state index is -0.246. The van der Waals surface area contributed by atoms with Crippen molar-refractivity contribution >= 4 is 11.8 Å². The highest BCUT2D eigenvalue weighted by atomic mass is 16.2. The first-order valence-corrected chi connectivity index (χ1v) is 11.3. The highest BCUT2D eigenvalue weighted by molar-refractivity contribution is 5.96. The minimum absolute atomic E-state index is 0.00664. The van der Waals surface area contributed by atoms with Crippen molar-refractivity contribution in [2.75, 3.05) is 32.7 Å². The van der Waals surface area contributed by atoms with Gasteiger partial charge >= 0.3 is 0 Å². The number of likely N-dealkylation sites (tertiary alicyclic amines) is 2. The summed E-state index contributed by atoms with van der Waals surface area (Å²) in [5.74, 6) is 0.105. The summed E-state index contributed by atoms with van der Waals surface area (Å²) >= 11 is 0. The number of hydrogen-bond donors (Lipinski definition) is 1. The number of aromatic nitrogens is 2. The fraction of sp³-hybridized carbons (Fsp3) is 0.500. The third-order valence-electron chi connectivity index (χ3n) is 6.19. The molecule has 0 spiro atoms. The molecule has 4 rings (SSSR count). The lowest BCUT2D eigenvalue weighted by Gasteiger charge is -2.32. The predicted molar refractivity (Wildman–Crippen MR) is 118 cm³/mol. The van der Waals surface area contributed by atoms with E-state index in [2.05, 4.69) is 26.3 Å². The number of nitrogens with zero attached hydrogens (tertiary/aromatic N) is 4. The molecule has 7 heteroatoms. The summed E-state index contributed by atoms with van der Waals surface area (Å²) in [7, 11) is 0. The van der Waals surface area contributed by atoms with Gasteiger partial charge in [-0.3, -0.25) is 24.5 Å². The second-order valence-electron chi connectivity index (χ2n) is 8.49. The Morgan fingerprint density at radius 1 is 1.00 bits per heavy atom. The zero-order valence-corrected chi connectivity index (χ0v) is 18.0. The lowest BCUT2D eigenvalue weighted by atomic mass is 9.94. The van der Waals surface area contributed by atoms with Crippen LogP contribution in [0.5, 0.6) is 0 Å². The molecule has 7 nitrogen and oxygen atoms in total. The van der Waals surface area contributed by atoms with Crippen LogP contribution < -0.4 is 5.32 Å². The number of rotatable bonds is 6. The van der Waals surface area contributed by atoms with Gasteiger partial charge in [-0.15, -0.1) is 0 Å². The Hall–Kier alpha value is -2.80. The smallest absolute Gasteiger partial charge is 0.253 e. The van der Waals surface area contributed by atoms with Gasteiger partial charge in [-0.05, 0) is 62.9 Å². The summed E-state index contributed by atoms with van der Waals surface area (Å²) in [5.41, 5.74) is 2.60. The standard InChI is InChI=1S/C24H31N5O2/c30-23(29-13-4-1-5-14-29)16-27-24(31)19-9-10-22(26-15-19)20-7-6-12-28(17-20)18-21-8-2-3-11-25-21/h2-3,8-11,15,20H,1,4-7,12-14,16-18H2,(H,27,31)/t20-/m0/s1. The van der Waals surface area contributed by atoms with Crippen LogP contribution in [-0.2, 0) is 11.3 Å². The SMILES string of the molecule is O=C(NCC(=O)N1CCCCC1)c1ccc([C@H]2CCCN(Cc3ccccn3)C2)nc1. The molecule has 2 aromatic rings. The molecule has 2 aromatic heterocycles. The van der Waals surface area contributed by atoms with Crippen LogP contribution in [0.15, 0.2) is 42.7 Å². The van der Waals surface area contributed by atoms with Crippen molar-refractivity contribution in [3.8, 4) is 0 Å². The van der Waals surface area contributed by atoms with Crippen LogP contribution in [0.1, 0.15) is 59.8 Å². The fourth-order valence-corrected chi connectivity index (χ4v) is 4.46. The zero-order chi connectivity index (χ0) is 21.5. The molecule has 1 atom stereocenters. The van der Waals surface area contributed by atoms with Gasteiger partial charge in [0.2, 0.25) is 5.91 Å². The van der Waals surface area contributed by atoms with E-state index in [1.165, 1.54) is 6.42 Å². The van der Waals surface area contributed by atoms with Gasteiger partial charge in [-0.25, -0.2) is 0 Å². The first-order valence-electron chi connectivity index (χ1n) is 11.3. The van der Waals surface area contributed by atoms with Gasteiger partial charge in [-0.2, -0.15) is 0 Å². The molecule has 0 unspecified atom stereocenters. The van der Waals surface area contributed by atoms with Crippen LogP contribution in [0.3, 0.4) is 0 Å². The van der Waals surface area contributed by atoms with E-state index in [1.54, 1.807) is 6.20 Å². The molecule has 31 heavy (non-hydrogen) atoms. The Morgan fingerprint density at radius 2 is 1.87 bits per heavy atom. The molecule has 1 N–H and O–H groups in total. The molecule has 0 bridgehead atoms. The van der Waals surface area contributed by atoms with Crippen molar-refractivity contribution in [1.29, 1.82) is 0 Å². The van der Waals surface area contributed by atoms with Gasteiger partial charge in [0.25, 0.3) is 5.91 Å². The first-order chi connectivity index (χ1) is 15.2. The third-order valence-corrected chi connectivity index (χ3v) is 6.19. The molecular formula is C24H31N5O2. The normalized spacial score (nSPS) is 19.7. The molecule has 2 fully saturated rings. The number of nitrogens with one attached hydrogen (secondary N) is 1. The Bertz CT molecular complexity index is 865. The van der Waals surface area contributed by atoms with E-state index in [0.29, 0.717) is 11.5 Å². The molecule has 0 aromatic carbocycles. The highest BCUT2D eigenvalue weighted by Crippen LogP contribution is 2.26. The molecule has 0 saturated carbocycles. The van der Waals surface area contributed by atoms with Crippen LogP contribution in [0.2, 0.25) is 0 Å². The van der Waals surface area contributed by atoms with Crippen LogP contribution in [-0.4, -0.2) is 64.3 Å². The van der Waals surface area contributed by atoms with Gasteiger partial charge in [-0.1, -0.05) is 6.07 Å². The van der Waals surface area contributed by atoms with Crippen molar-refractivity contribution in [1.82, 2.24) is 25.1 Å². The van der Waals surface area contributed by atoms with Crippen LogP contribution in [0, 0.1) is 0 Å². The fourth-order valence-electron chi connectivity index (χ4n) is 4.46. The summed E-state index contributed by atoms with van der Waals surface area (Å²) in [6.07, 6.45) is 8.96. The monoisotopic (exact) mass is 421 g/mol. The van der Waals surface area contributed by atoms with E-state index in [4.69, 9.17) is 0 Å². The number of pyridine rings is 2. The number of carbonyl (C=O) groups excluding carboxylic acids is 2. The number of hydrogen-bond acceptors (Lipinski definition) is 5. The summed E-state index contributed by atoms with van der Waals surface area (Å²) < 4.78 is 0. The van der Waals surface area contributed by atoms with E-state index >= 15 is 0 Å². The highest BCUT2D eigenvalue weighted by Gasteiger charge is 2.23. The van der Waals surface area contributed by atoms with Gasteiger partial charge in [0.05, 0.1) is 17.8 Å². The maximum atomic E-state index is 12.4. The van der Waals surface area contributed by atoms with Crippen molar-refractivity contribution in [3.05, 3.63) is 59.7 Å². The summed E-state index contributed by atoms with van der Waals surface area (Å²) in [6.45, 7) is 4.50. The molecular weight excluding hydrogens is 390 g/mol. The van der Waals surface area contributed by atoms with E-state index in [-0.39, 0.29) is 18.4 Å². The molecule has 2 aliphatic rings. The Balaban J connectivity index is 1.29. The first kappa shape index (κ1) is 21.4. The molecule has 2 aliphatic heterocycles. The topological polar surface area (TPSA) is 78.4 Å². The lowest BCUT2D eigenvalue weighted by molar-refractivity contribution is -0.130. The minimum Gasteiger partial charge on any atom is -0.343 e. The van der Waals surface area contributed by atoms with Crippen LogP contribution >= 0.6 is 0 Å². The maximum Gasteiger partial charge on any atom is 0.253 e. The molecule has 0 aliphatic carbocycles. The second-order valence-corrected chi connectivity index (χ2v) is 8.49. The van der Waals surface area contributed by atoms with E-state index in [1.807, 2.05) is 35.4 Å². The largest absolute Gasteiger partial charge is 0.343 e. The number of piperidine rings is 2. The van der Waals surface area contributed by atoms with Crippen molar-refractivity contribution < 1.29 is 9.59 Å². The van der Waals surface area contributed by atoms with Gasteiger partial charge in [0.1, 0.15) is 0 Å². The molecule has 0 radical (unpaired) electrons. The molecule has 2 saturated heterocycles. The van der Waals surface area contributed by atoms with Crippen molar-refractivity contribution in [3.63, 3.8) is 0 Å². The quantitative estimate of drug-likeness (QED) is 0.776. The lowest BCUT2D eigenvalue weighted by Crippen LogP contribution is -2.42. The van der Waals surface area contributed by atoms with Gasteiger partial charge in [0.15, 0.2) is 0 Å². The van der Waals surface area contributed by atoms with Crippen molar-refractivity contribution in [2.45, 2.75) is 44.6 Å². The number of carbonyl (C=O) groups is 2. The Labute approximate surface area is 183 Å².